The predicted octanol–water partition coefficient (Wildman–Crippen LogP) is 3.28. The zero-order chi connectivity index (χ0) is 13.0. The molecule has 2 rings (SSSR count). The second kappa shape index (κ2) is 6.91. The lowest BCUT2D eigenvalue weighted by Crippen LogP contribution is -2.56. The molecule has 3 atom stereocenters. The number of hydrogen-bond donors (Lipinski definition) is 1. The fraction of sp³-hybridized carbons (Fsp3) is 1.00. The van der Waals surface area contributed by atoms with Crippen LogP contribution in [0.5, 0.6) is 0 Å². The van der Waals surface area contributed by atoms with Gasteiger partial charge in [0.15, 0.2) is 0 Å². The summed E-state index contributed by atoms with van der Waals surface area (Å²) in [5, 5.41) is 3.58. The van der Waals surface area contributed by atoms with E-state index in [1.165, 1.54) is 51.6 Å². The normalized spacial score (nSPS) is 31.3. The molecule has 2 aliphatic rings. The molecule has 0 aromatic carbocycles. The topological polar surface area (TPSA) is 15.3 Å². The Labute approximate surface area is 114 Å². The molecule has 0 spiro atoms. The van der Waals surface area contributed by atoms with E-state index in [0.717, 1.165) is 30.5 Å². The van der Waals surface area contributed by atoms with Crippen molar-refractivity contribution in [2.24, 2.45) is 11.8 Å². The Kier molecular flexibility index (Phi) is 5.50. The van der Waals surface area contributed by atoms with Gasteiger partial charge in [-0.25, -0.2) is 0 Å². The van der Waals surface area contributed by atoms with Gasteiger partial charge in [0.25, 0.3) is 0 Å². The van der Waals surface area contributed by atoms with E-state index in [9.17, 15) is 0 Å². The van der Waals surface area contributed by atoms with Gasteiger partial charge in [-0.1, -0.05) is 33.6 Å². The Hall–Kier alpha value is -0.0800. The van der Waals surface area contributed by atoms with Crippen molar-refractivity contribution in [2.45, 2.75) is 71.4 Å². The zero-order valence-electron chi connectivity index (χ0n) is 12.6. The van der Waals surface area contributed by atoms with Gasteiger partial charge in [-0.05, 0) is 50.6 Å². The minimum Gasteiger partial charge on any atom is -0.315 e. The van der Waals surface area contributed by atoms with Gasteiger partial charge in [0.2, 0.25) is 0 Å². The number of rotatable bonds is 5. The summed E-state index contributed by atoms with van der Waals surface area (Å²) in [5.74, 6) is 1.78. The van der Waals surface area contributed by atoms with E-state index in [1.54, 1.807) is 0 Å². The van der Waals surface area contributed by atoms with Gasteiger partial charge in [0.1, 0.15) is 0 Å². The van der Waals surface area contributed by atoms with Crippen LogP contribution in [-0.4, -0.2) is 36.6 Å². The van der Waals surface area contributed by atoms with Crippen LogP contribution in [-0.2, 0) is 0 Å². The van der Waals surface area contributed by atoms with E-state index in [1.807, 2.05) is 0 Å². The third kappa shape index (κ3) is 3.27. The van der Waals surface area contributed by atoms with E-state index in [0.29, 0.717) is 0 Å². The first-order valence-electron chi connectivity index (χ1n) is 8.20. The zero-order valence-corrected chi connectivity index (χ0v) is 12.6. The van der Waals surface area contributed by atoms with Gasteiger partial charge < -0.3 is 5.32 Å². The monoisotopic (exact) mass is 252 g/mol. The number of piperidine rings is 1. The summed E-state index contributed by atoms with van der Waals surface area (Å²) in [7, 11) is 0. The Morgan fingerprint density at radius 3 is 2.56 bits per heavy atom. The van der Waals surface area contributed by atoms with Crippen molar-refractivity contribution in [1.29, 1.82) is 0 Å². The standard InChI is InChI=1S/C16H32N2/c1-4-17-12-16(13(2)3)18-11-7-9-14-8-5-6-10-15(14)18/h13-17H,4-12H2,1-3H3. The number of likely N-dealkylation sites (tertiary alicyclic amines) is 1. The smallest absolute Gasteiger partial charge is 0.0246 e. The fourth-order valence-electron chi connectivity index (χ4n) is 4.10. The van der Waals surface area contributed by atoms with Crippen LogP contribution in [0, 0.1) is 11.8 Å². The Balaban J connectivity index is 2.02. The summed E-state index contributed by atoms with van der Waals surface area (Å²) in [5.41, 5.74) is 0. The maximum atomic E-state index is 3.58. The molecule has 0 radical (unpaired) electrons. The molecule has 1 aliphatic carbocycles. The number of fused-ring (bicyclic) bond motifs is 1. The molecule has 0 bridgehead atoms. The van der Waals surface area contributed by atoms with Crippen LogP contribution < -0.4 is 5.32 Å². The molecule has 1 saturated heterocycles. The van der Waals surface area contributed by atoms with Crippen molar-refractivity contribution in [3.05, 3.63) is 0 Å². The summed E-state index contributed by atoms with van der Waals surface area (Å²) in [6, 6.07) is 1.65. The van der Waals surface area contributed by atoms with Crippen molar-refractivity contribution in [2.75, 3.05) is 19.6 Å². The molecule has 1 aliphatic heterocycles. The lowest BCUT2D eigenvalue weighted by molar-refractivity contribution is 0.0103. The molecule has 106 valence electrons. The van der Waals surface area contributed by atoms with Crippen LogP contribution >= 0.6 is 0 Å². The van der Waals surface area contributed by atoms with Crippen LogP contribution in [0.1, 0.15) is 59.3 Å². The van der Waals surface area contributed by atoms with Gasteiger partial charge >= 0.3 is 0 Å². The number of hydrogen-bond acceptors (Lipinski definition) is 2. The van der Waals surface area contributed by atoms with Gasteiger partial charge in [-0.3, -0.25) is 4.90 Å². The summed E-state index contributed by atoms with van der Waals surface area (Å²) < 4.78 is 0. The predicted molar refractivity (Wildman–Crippen MR) is 78.9 cm³/mol. The minimum atomic E-state index is 0.746. The highest BCUT2D eigenvalue weighted by atomic mass is 15.2. The van der Waals surface area contributed by atoms with Crippen LogP contribution in [0.2, 0.25) is 0 Å². The maximum absolute atomic E-state index is 3.58. The quantitative estimate of drug-likeness (QED) is 0.808. The molecule has 0 aromatic rings. The van der Waals surface area contributed by atoms with Crippen LogP contribution in [0.3, 0.4) is 0 Å². The second-order valence-electron chi connectivity index (χ2n) is 6.61. The van der Waals surface area contributed by atoms with Gasteiger partial charge in [0.05, 0.1) is 0 Å². The molecule has 1 N–H and O–H groups in total. The molecule has 0 aromatic heterocycles. The average molecular weight is 252 g/mol. The molecule has 3 unspecified atom stereocenters. The van der Waals surface area contributed by atoms with Crippen LogP contribution in [0.25, 0.3) is 0 Å². The summed E-state index contributed by atoms with van der Waals surface area (Å²) in [6.45, 7) is 10.6. The van der Waals surface area contributed by atoms with E-state index >= 15 is 0 Å². The molecular weight excluding hydrogens is 220 g/mol. The molecule has 1 saturated carbocycles. The van der Waals surface area contributed by atoms with Crippen molar-refractivity contribution < 1.29 is 0 Å². The van der Waals surface area contributed by atoms with Crippen LogP contribution in [0.15, 0.2) is 0 Å². The first-order valence-corrected chi connectivity index (χ1v) is 8.20. The summed E-state index contributed by atoms with van der Waals surface area (Å²) in [6.07, 6.45) is 8.81. The van der Waals surface area contributed by atoms with Gasteiger partial charge in [0, 0.05) is 18.6 Å². The van der Waals surface area contributed by atoms with Gasteiger partial charge in [-0.2, -0.15) is 0 Å². The van der Waals surface area contributed by atoms with Crippen molar-refractivity contribution in [3.8, 4) is 0 Å². The SMILES string of the molecule is CCNCC(C(C)C)N1CCCC2CCCCC21. The highest BCUT2D eigenvalue weighted by Crippen LogP contribution is 2.37. The van der Waals surface area contributed by atoms with Crippen molar-refractivity contribution >= 4 is 0 Å². The first-order chi connectivity index (χ1) is 8.74. The summed E-state index contributed by atoms with van der Waals surface area (Å²) in [4.78, 5) is 2.88. The Morgan fingerprint density at radius 1 is 1.11 bits per heavy atom. The lowest BCUT2D eigenvalue weighted by atomic mass is 9.77. The fourth-order valence-corrected chi connectivity index (χ4v) is 4.10. The highest BCUT2D eigenvalue weighted by Gasteiger charge is 2.37. The van der Waals surface area contributed by atoms with E-state index in [4.69, 9.17) is 0 Å². The average Bonchev–Trinajstić information content (AvgIpc) is 2.39. The number of likely N-dealkylation sites (N-methyl/N-ethyl adjacent to an activating group) is 1. The number of nitrogens with zero attached hydrogens (tertiary/aromatic N) is 1. The van der Waals surface area contributed by atoms with E-state index in [-0.39, 0.29) is 0 Å². The van der Waals surface area contributed by atoms with Gasteiger partial charge in [-0.15, -0.1) is 0 Å². The third-order valence-electron chi connectivity index (χ3n) is 5.09. The minimum absolute atomic E-state index is 0.746. The van der Waals surface area contributed by atoms with Crippen molar-refractivity contribution in [3.63, 3.8) is 0 Å². The third-order valence-corrected chi connectivity index (χ3v) is 5.09. The van der Waals surface area contributed by atoms with E-state index < -0.39 is 0 Å². The molecule has 2 fully saturated rings. The first kappa shape index (κ1) is 14.3. The maximum Gasteiger partial charge on any atom is 0.0246 e. The molecular formula is C16H32N2. The second-order valence-corrected chi connectivity index (χ2v) is 6.61. The molecule has 0 amide bonds. The molecule has 18 heavy (non-hydrogen) atoms. The Bertz CT molecular complexity index is 237. The number of nitrogens with one attached hydrogen (secondary N) is 1. The van der Waals surface area contributed by atoms with Crippen LogP contribution in [0.4, 0.5) is 0 Å². The lowest BCUT2D eigenvalue weighted by Gasteiger charge is -2.49. The molecule has 2 heteroatoms. The molecule has 2 nitrogen and oxygen atoms in total. The largest absolute Gasteiger partial charge is 0.315 e. The Morgan fingerprint density at radius 2 is 1.83 bits per heavy atom. The van der Waals surface area contributed by atoms with E-state index in [2.05, 4.69) is 31.0 Å². The molecule has 1 heterocycles. The highest BCUT2D eigenvalue weighted by molar-refractivity contribution is 4.92. The van der Waals surface area contributed by atoms with Crippen molar-refractivity contribution in [1.82, 2.24) is 10.2 Å². The summed E-state index contributed by atoms with van der Waals surface area (Å²) >= 11 is 0.